The molecule has 0 spiro atoms. The molecule has 1 atom stereocenters. The Labute approximate surface area is 114 Å². The molecule has 1 unspecified atom stereocenters. The summed E-state index contributed by atoms with van der Waals surface area (Å²) in [6, 6.07) is 12.0. The zero-order chi connectivity index (χ0) is 12.3. The molecule has 1 heterocycles. The number of aryl methyl sites for hydroxylation is 1. The maximum Gasteiger partial charge on any atom is 0.0872 e. The molecule has 90 valence electrons. The molecule has 0 aliphatic rings. The number of hydrogen-bond donors (Lipinski definition) is 1. The standard InChI is InChI=1S/C14H15BrOS/c1-14(16,8-7-13-6-3-9-17-13)11-4-2-5-12(15)10-11/h2-6,9-10,16H,7-8H2,1H3. The van der Waals surface area contributed by atoms with Gasteiger partial charge in [-0.15, -0.1) is 11.3 Å². The van der Waals surface area contributed by atoms with Crippen LogP contribution in [0.25, 0.3) is 0 Å². The molecule has 0 aliphatic carbocycles. The topological polar surface area (TPSA) is 20.2 Å². The average Bonchev–Trinajstić information content (AvgIpc) is 2.79. The number of halogens is 1. The Balaban J connectivity index is 2.08. The molecule has 17 heavy (non-hydrogen) atoms. The first kappa shape index (κ1) is 12.8. The van der Waals surface area contributed by atoms with Crippen LogP contribution >= 0.6 is 27.3 Å². The second-order valence-electron chi connectivity index (χ2n) is 4.36. The third-order valence-electron chi connectivity index (χ3n) is 2.88. The molecule has 1 aromatic heterocycles. The Kier molecular flexibility index (Phi) is 4.02. The number of hydrogen-bond acceptors (Lipinski definition) is 2. The van der Waals surface area contributed by atoms with Crippen molar-refractivity contribution in [1.82, 2.24) is 0 Å². The SMILES string of the molecule is CC(O)(CCc1cccs1)c1cccc(Br)c1. The molecule has 2 rings (SSSR count). The van der Waals surface area contributed by atoms with Crippen LogP contribution in [0.15, 0.2) is 46.3 Å². The minimum atomic E-state index is -0.770. The number of aliphatic hydroxyl groups is 1. The van der Waals surface area contributed by atoms with E-state index in [0.29, 0.717) is 0 Å². The molecule has 1 aromatic carbocycles. The lowest BCUT2D eigenvalue weighted by Gasteiger charge is -2.23. The van der Waals surface area contributed by atoms with Crippen LogP contribution in [0.1, 0.15) is 23.8 Å². The van der Waals surface area contributed by atoms with Gasteiger partial charge in [0.2, 0.25) is 0 Å². The van der Waals surface area contributed by atoms with Gasteiger partial charge in [0.25, 0.3) is 0 Å². The summed E-state index contributed by atoms with van der Waals surface area (Å²) in [5.41, 5.74) is 0.191. The molecular formula is C14H15BrOS. The molecule has 1 nitrogen and oxygen atoms in total. The molecular weight excluding hydrogens is 296 g/mol. The van der Waals surface area contributed by atoms with Crippen LogP contribution in [0, 0.1) is 0 Å². The van der Waals surface area contributed by atoms with Crippen molar-refractivity contribution in [1.29, 1.82) is 0 Å². The predicted molar refractivity (Wildman–Crippen MR) is 76.4 cm³/mol. The summed E-state index contributed by atoms with van der Waals surface area (Å²) < 4.78 is 1.01. The maximum absolute atomic E-state index is 10.5. The van der Waals surface area contributed by atoms with E-state index < -0.39 is 5.60 Å². The Hall–Kier alpha value is -0.640. The lowest BCUT2D eigenvalue weighted by atomic mass is 9.91. The van der Waals surface area contributed by atoms with Crippen molar-refractivity contribution in [2.75, 3.05) is 0 Å². The van der Waals surface area contributed by atoms with E-state index in [0.717, 1.165) is 22.9 Å². The minimum absolute atomic E-state index is 0.740. The molecule has 3 heteroatoms. The van der Waals surface area contributed by atoms with Crippen molar-refractivity contribution in [2.24, 2.45) is 0 Å². The van der Waals surface area contributed by atoms with Gasteiger partial charge < -0.3 is 5.11 Å². The maximum atomic E-state index is 10.5. The Morgan fingerprint density at radius 3 is 2.76 bits per heavy atom. The van der Waals surface area contributed by atoms with Gasteiger partial charge in [-0.2, -0.15) is 0 Å². The van der Waals surface area contributed by atoms with E-state index in [-0.39, 0.29) is 0 Å². The van der Waals surface area contributed by atoms with Crippen LogP contribution in [0.3, 0.4) is 0 Å². The Morgan fingerprint density at radius 1 is 1.29 bits per heavy atom. The molecule has 0 saturated heterocycles. The second kappa shape index (κ2) is 5.34. The van der Waals surface area contributed by atoms with Crippen molar-refractivity contribution in [3.05, 3.63) is 56.7 Å². The fourth-order valence-corrected chi connectivity index (χ4v) is 2.90. The van der Waals surface area contributed by atoms with Crippen molar-refractivity contribution in [3.63, 3.8) is 0 Å². The minimum Gasteiger partial charge on any atom is -0.385 e. The first-order valence-corrected chi connectivity index (χ1v) is 7.26. The molecule has 0 fully saturated rings. The van der Waals surface area contributed by atoms with Crippen LogP contribution in [0.2, 0.25) is 0 Å². The van der Waals surface area contributed by atoms with Crippen LogP contribution < -0.4 is 0 Å². The third kappa shape index (κ3) is 3.41. The highest BCUT2D eigenvalue weighted by Crippen LogP contribution is 2.28. The lowest BCUT2D eigenvalue weighted by Crippen LogP contribution is -2.21. The largest absolute Gasteiger partial charge is 0.385 e. The van der Waals surface area contributed by atoms with Crippen molar-refractivity contribution < 1.29 is 5.11 Å². The van der Waals surface area contributed by atoms with Crippen LogP contribution in [0.4, 0.5) is 0 Å². The lowest BCUT2D eigenvalue weighted by molar-refractivity contribution is 0.0482. The Bertz CT molecular complexity index is 477. The van der Waals surface area contributed by atoms with Crippen LogP contribution in [-0.2, 0) is 12.0 Å². The summed E-state index contributed by atoms with van der Waals surface area (Å²) >= 11 is 5.18. The van der Waals surface area contributed by atoms with E-state index in [1.807, 2.05) is 37.3 Å². The number of benzene rings is 1. The van der Waals surface area contributed by atoms with Gasteiger partial charge in [-0.25, -0.2) is 0 Å². The smallest absolute Gasteiger partial charge is 0.0872 e. The summed E-state index contributed by atoms with van der Waals surface area (Å²) in [6.07, 6.45) is 1.65. The first-order valence-electron chi connectivity index (χ1n) is 5.59. The van der Waals surface area contributed by atoms with E-state index in [1.54, 1.807) is 11.3 Å². The van der Waals surface area contributed by atoms with Crippen molar-refractivity contribution in [3.8, 4) is 0 Å². The Morgan fingerprint density at radius 2 is 2.12 bits per heavy atom. The van der Waals surface area contributed by atoms with Gasteiger partial charge in [-0.1, -0.05) is 34.1 Å². The fraction of sp³-hybridized carbons (Fsp3) is 0.286. The van der Waals surface area contributed by atoms with Gasteiger partial charge in [-0.05, 0) is 48.9 Å². The zero-order valence-electron chi connectivity index (χ0n) is 9.69. The predicted octanol–water partition coefficient (Wildman–Crippen LogP) is 4.35. The van der Waals surface area contributed by atoms with E-state index in [9.17, 15) is 5.11 Å². The molecule has 0 saturated carbocycles. The summed E-state index contributed by atoms with van der Waals surface area (Å²) in [4.78, 5) is 1.32. The molecule has 0 aliphatic heterocycles. The summed E-state index contributed by atoms with van der Waals surface area (Å²) in [6.45, 7) is 1.88. The highest BCUT2D eigenvalue weighted by Gasteiger charge is 2.22. The monoisotopic (exact) mass is 310 g/mol. The molecule has 0 amide bonds. The summed E-state index contributed by atoms with van der Waals surface area (Å²) in [7, 11) is 0. The normalized spacial score (nSPS) is 14.5. The quantitative estimate of drug-likeness (QED) is 0.890. The third-order valence-corrected chi connectivity index (χ3v) is 4.31. The van der Waals surface area contributed by atoms with Crippen LogP contribution in [-0.4, -0.2) is 5.11 Å². The van der Waals surface area contributed by atoms with Gasteiger partial charge in [0.15, 0.2) is 0 Å². The zero-order valence-corrected chi connectivity index (χ0v) is 12.1. The summed E-state index contributed by atoms with van der Waals surface area (Å²) in [5, 5.41) is 12.6. The highest BCUT2D eigenvalue weighted by atomic mass is 79.9. The molecule has 1 N–H and O–H groups in total. The van der Waals surface area contributed by atoms with E-state index >= 15 is 0 Å². The highest BCUT2D eigenvalue weighted by molar-refractivity contribution is 9.10. The molecule has 2 aromatic rings. The van der Waals surface area contributed by atoms with Crippen molar-refractivity contribution >= 4 is 27.3 Å². The number of thiophene rings is 1. The van der Waals surface area contributed by atoms with Gasteiger partial charge in [0.05, 0.1) is 5.60 Å². The second-order valence-corrected chi connectivity index (χ2v) is 6.31. The summed E-state index contributed by atoms with van der Waals surface area (Å²) in [5.74, 6) is 0. The molecule has 0 radical (unpaired) electrons. The molecule has 0 bridgehead atoms. The van der Waals surface area contributed by atoms with Crippen molar-refractivity contribution in [2.45, 2.75) is 25.4 Å². The fourth-order valence-electron chi connectivity index (χ4n) is 1.79. The van der Waals surface area contributed by atoms with E-state index in [4.69, 9.17) is 0 Å². The van der Waals surface area contributed by atoms with Gasteiger partial charge >= 0.3 is 0 Å². The van der Waals surface area contributed by atoms with Crippen LogP contribution in [0.5, 0.6) is 0 Å². The van der Waals surface area contributed by atoms with Gasteiger partial charge in [0, 0.05) is 9.35 Å². The van der Waals surface area contributed by atoms with E-state index in [2.05, 4.69) is 27.4 Å². The van der Waals surface area contributed by atoms with Gasteiger partial charge in [0.1, 0.15) is 0 Å². The van der Waals surface area contributed by atoms with Gasteiger partial charge in [-0.3, -0.25) is 0 Å². The average molecular weight is 311 g/mol. The first-order chi connectivity index (χ1) is 8.08. The van der Waals surface area contributed by atoms with E-state index in [1.165, 1.54) is 4.88 Å². The number of rotatable bonds is 4.